The lowest BCUT2D eigenvalue weighted by molar-refractivity contribution is -0.0512. The molecule has 0 aliphatic carbocycles. The van der Waals surface area contributed by atoms with Crippen LogP contribution in [-0.4, -0.2) is 26.8 Å². The number of carbonyl (C=O) groups is 1. The molecule has 0 spiro atoms. The van der Waals surface area contributed by atoms with Gasteiger partial charge in [0.15, 0.2) is 11.5 Å². The zero-order chi connectivity index (χ0) is 21.0. The van der Waals surface area contributed by atoms with E-state index in [0.717, 1.165) is 0 Å². The van der Waals surface area contributed by atoms with Crippen molar-refractivity contribution in [3.8, 4) is 17.2 Å². The average Bonchev–Trinajstić information content (AvgIpc) is 2.70. The summed E-state index contributed by atoms with van der Waals surface area (Å²) in [6.07, 6.45) is 0. The molecule has 0 bridgehead atoms. The van der Waals surface area contributed by atoms with Crippen LogP contribution in [0.15, 0.2) is 51.7 Å². The van der Waals surface area contributed by atoms with E-state index in [1.807, 2.05) is 0 Å². The Balaban J connectivity index is 1.81. The molecule has 2 aromatic carbocycles. The number of hydrogen-bond acceptors (Lipinski definition) is 7. The number of fused-ring (bicyclic) bond motifs is 1. The molecule has 1 heterocycles. The Bertz CT molecular complexity index is 1090. The van der Waals surface area contributed by atoms with Crippen molar-refractivity contribution in [1.82, 2.24) is 0 Å². The largest absolute Gasteiger partial charge is 0.497 e. The maximum atomic E-state index is 12.4. The van der Waals surface area contributed by atoms with Gasteiger partial charge in [-0.3, -0.25) is 0 Å². The lowest BCUT2D eigenvalue weighted by Gasteiger charge is -2.12. The van der Waals surface area contributed by atoms with Crippen LogP contribution in [-0.2, 0) is 11.3 Å². The van der Waals surface area contributed by atoms with Gasteiger partial charge in [0.05, 0.1) is 19.8 Å². The Labute approximate surface area is 163 Å². The van der Waals surface area contributed by atoms with E-state index in [0.29, 0.717) is 16.7 Å². The third-order valence-electron chi connectivity index (χ3n) is 4.01. The van der Waals surface area contributed by atoms with E-state index in [2.05, 4.69) is 4.74 Å². The molecular formula is C20H16F2O7. The monoisotopic (exact) mass is 406 g/mol. The SMILES string of the molecule is COc1ccc2c(COC(=O)c3ccc(OC(F)F)c(OC)c3)cc(=O)oc2c1. The number of carbonyl (C=O) groups excluding carboxylic acids is 1. The topological polar surface area (TPSA) is 84.2 Å². The lowest BCUT2D eigenvalue weighted by atomic mass is 10.1. The highest BCUT2D eigenvalue weighted by atomic mass is 19.3. The molecule has 7 nitrogen and oxygen atoms in total. The number of benzene rings is 2. The van der Waals surface area contributed by atoms with Gasteiger partial charge >= 0.3 is 18.2 Å². The molecule has 0 N–H and O–H groups in total. The maximum Gasteiger partial charge on any atom is 0.387 e. The zero-order valence-electron chi connectivity index (χ0n) is 15.4. The lowest BCUT2D eigenvalue weighted by Crippen LogP contribution is -2.09. The van der Waals surface area contributed by atoms with Crippen LogP contribution in [0.2, 0.25) is 0 Å². The van der Waals surface area contributed by atoms with Crippen LogP contribution in [0.1, 0.15) is 15.9 Å². The van der Waals surface area contributed by atoms with Crippen LogP contribution in [0.25, 0.3) is 11.0 Å². The number of alkyl halides is 2. The quantitative estimate of drug-likeness (QED) is 0.436. The van der Waals surface area contributed by atoms with Crippen molar-refractivity contribution in [1.29, 1.82) is 0 Å². The van der Waals surface area contributed by atoms with Gasteiger partial charge in [0.1, 0.15) is 17.9 Å². The predicted octanol–water partition coefficient (Wildman–Crippen LogP) is 3.77. The van der Waals surface area contributed by atoms with Crippen molar-refractivity contribution >= 4 is 16.9 Å². The van der Waals surface area contributed by atoms with Gasteiger partial charge in [-0.15, -0.1) is 0 Å². The fourth-order valence-corrected chi connectivity index (χ4v) is 2.67. The van der Waals surface area contributed by atoms with Crippen molar-refractivity contribution in [2.24, 2.45) is 0 Å². The summed E-state index contributed by atoms with van der Waals surface area (Å²) in [5.74, 6) is -0.480. The second-order valence-corrected chi connectivity index (χ2v) is 5.77. The minimum atomic E-state index is -3.03. The standard InChI is InChI=1S/C20H16F2O7/c1-25-13-4-5-14-12(8-18(23)28-16(14)9-13)10-27-19(24)11-3-6-15(29-20(21)22)17(7-11)26-2/h3-9,20H,10H2,1-2H3. The second kappa shape index (κ2) is 8.59. The minimum Gasteiger partial charge on any atom is -0.497 e. The zero-order valence-corrected chi connectivity index (χ0v) is 15.4. The molecule has 0 saturated carbocycles. The average molecular weight is 406 g/mol. The summed E-state index contributed by atoms with van der Waals surface area (Å²) >= 11 is 0. The van der Waals surface area contributed by atoms with Crippen LogP contribution >= 0.6 is 0 Å². The van der Waals surface area contributed by atoms with Gasteiger partial charge in [0.25, 0.3) is 0 Å². The summed E-state index contributed by atoms with van der Waals surface area (Å²) < 4.78 is 49.6. The van der Waals surface area contributed by atoms with E-state index >= 15 is 0 Å². The molecule has 0 fully saturated rings. The minimum absolute atomic E-state index is 0.0438. The van der Waals surface area contributed by atoms with E-state index < -0.39 is 18.2 Å². The summed E-state index contributed by atoms with van der Waals surface area (Å²) in [7, 11) is 2.74. The van der Waals surface area contributed by atoms with Crippen LogP contribution in [0, 0.1) is 0 Å². The van der Waals surface area contributed by atoms with Gasteiger partial charge in [-0.2, -0.15) is 8.78 Å². The van der Waals surface area contributed by atoms with Crippen molar-refractivity contribution in [2.75, 3.05) is 14.2 Å². The van der Waals surface area contributed by atoms with Crippen LogP contribution < -0.4 is 19.8 Å². The molecule has 152 valence electrons. The first-order chi connectivity index (χ1) is 13.9. The van der Waals surface area contributed by atoms with Gasteiger partial charge in [-0.1, -0.05) is 0 Å². The van der Waals surface area contributed by atoms with Crippen molar-refractivity contribution < 1.29 is 36.9 Å². The van der Waals surface area contributed by atoms with Gasteiger partial charge in [0, 0.05) is 23.1 Å². The number of methoxy groups -OCH3 is 2. The molecule has 0 aliphatic heterocycles. The van der Waals surface area contributed by atoms with Gasteiger partial charge in [0.2, 0.25) is 0 Å². The van der Waals surface area contributed by atoms with E-state index in [1.54, 1.807) is 18.2 Å². The molecule has 0 radical (unpaired) electrons. The first-order valence-electron chi connectivity index (χ1n) is 8.32. The van der Waals surface area contributed by atoms with Gasteiger partial charge in [-0.25, -0.2) is 9.59 Å². The molecule has 0 amide bonds. The van der Waals surface area contributed by atoms with Crippen molar-refractivity contribution in [3.05, 3.63) is 64.0 Å². The molecule has 0 saturated heterocycles. The normalized spacial score (nSPS) is 10.8. The number of esters is 1. The highest BCUT2D eigenvalue weighted by Crippen LogP contribution is 2.30. The Morgan fingerprint density at radius 2 is 1.83 bits per heavy atom. The molecule has 0 unspecified atom stereocenters. The highest BCUT2D eigenvalue weighted by Gasteiger charge is 2.16. The van der Waals surface area contributed by atoms with Crippen LogP contribution in [0.5, 0.6) is 17.2 Å². The Hall–Kier alpha value is -3.62. The van der Waals surface area contributed by atoms with Crippen molar-refractivity contribution in [3.63, 3.8) is 0 Å². The van der Waals surface area contributed by atoms with E-state index in [-0.39, 0.29) is 29.3 Å². The number of halogens is 2. The fraction of sp³-hybridized carbons (Fsp3) is 0.200. The molecule has 0 aliphatic rings. The van der Waals surface area contributed by atoms with Gasteiger partial charge < -0.3 is 23.4 Å². The smallest absolute Gasteiger partial charge is 0.387 e. The molecule has 0 atom stereocenters. The molecule has 3 aromatic rings. The van der Waals surface area contributed by atoms with Crippen LogP contribution in [0.4, 0.5) is 8.78 Å². The number of hydrogen-bond donors (Lipinski definition) is 0. The second-order valence-electron chi connectivity index (χ2n) is 5.77. The summed E-state index contributed by atoms with van der Waals surface area (Å²) in [5.41, 5.74) is 0.194. The number of rotatable bonds is 7. The summed E-state index contributed by atoms with van der Waals surface area (Å²) in [4.78, 5) is 24.1. The van der Waals surface area contributed by atoms with E-state index in [1.165, 1.54) is 38.5 Å². The molecular weight excluding hydrogens is 390 g/mol. The molecule has 1 aromatic heterocycles. The Kier molecular flexibility index (Phi) is 5.96. The first-order valence-corrected chi connectivity index (χ1v) is 8.32. The third-order valence-corrected chi connectivity index (χ3v) is 4.01. The van der Waals surface area contributed by atoms with Crippen molar-refractivity contribution in [2.45, 2.75) is 13.2 Å². The molecule has 29 heavy (non-hydrogen) atoms. The summed E-state index contributed by atoms with van der Waals surface area (Å²) in [5, 5.41) is 0.580. The molecule has 3 rings (SSSR count). The summed E-state index contributed by atoms with van der Waals surface area (Å²) in [6, 6.07) is 9.81. The van der Waals surface area contributed by atoms with Gasteiger partial charge in [-0.05, 0) is 30.3 Å². The molecule has 9 heteroatoms. The summed E-state index contributed by atoms with van der Waals surface area (Å²) in [6.45, 7) is -3.23. The Morgan fingerprint density at radius 1 is 1.03 bits per heavy atom. The van der Waals surface area contributed by atoms with Crippen LogP contribution in [0.3, 0.4) is 0 Å². The maximum absolute atomic E-state index is 12.4. The fourth-order valence-electron chi connectivity index (χ4n) is 2.67. The number of ether oxygens (including phenoxy) is 4. The van der Waals surface area contributed by atoms with E-state index in [4.69, 9.17) is 18.6 Å². The highest BCUT2D eigenvalue weighted by molar-refractivity contribution is 5.90. The Morgan fingerprint density at radius 3 is 2.52 bits per heavy atom. The van der Waals surface area contributed by atoms with E-state index in [9.17, 15) is 18.4 Å². The third kappa shape index (κ3) is 4.63. The first kappa shape index (κ1) is 20.1. The predicted molar refractivity (Wildman–Crippen MR) is 97.8 cm³/mol.